The van der Waals surface area contributed by atoms with Gasteiger partial charge in [0.15, 0.2) is 5.82 Å². The summed E-state index contributed by atoms with van der Waals surface area (Å²) in [7, 11) is 0. The van der Waals surface area contributed by atoms with Gasteiger partial charge in [-0.1, -0.05) is 0 Å². The fourth-order valence-corrected chi connectivity index (χ4v) is 1.26. The normalized spacial score (nSPS) is 10.2. The van der Waals surface area contributed by atoms with Gasteiger partial charge in [-0.2, -0.15) is 0 Å². The molecule has 1 heterocycles. The van der Waals surface area contributed by atoms with Gasteiger partial charge in [-0.15, -0.1) is 11.8 Å². The van der Waals surface area contributed by atoms with E-state index in [1.54, 1.807) is 0 Å². The standard InChI is InChI=1S/C7H7F2NOS/c8-5-3-6(9)7(10-4-5)12-2-1-11/h3-4,11H,1-2H2. The summed E-state index contributed by atoms with van der Waals surface area (Å²) >= 11 is 1.05. The Morgan fingerprint density at radius 2 is 2.25 bits per heavy atom. The summed E-state index contributed by atoms with van der Waals surface area (Å²) in [6.45, 7) is -0.0524. The largest absolute Gasteiger partial charge is 0.396 e. The van der Waals surface area contributed by atoms with Crippen molar-refractivity contribution in [1.82, 2.24) is 4.98 Å². The van der Waals surface area contributed by atoms with Crippen LogP contribution in [0.4, 0.5) is 8.78 Å². The molecule has 1 aromatic heterocycles. The van der Waals surface area contributed by atoms with Crippen molar-refractivity contribution in [2.45, 2.75) is 5.03 Å². The van der Waals surface area contributed by atoms with Crippen LogP contribution in [0.1, 0.15) is 0 Å². The first-order chi connectivity index (χ1) is 5.74. The quantitative estimate of drug-likeness (QED) is 0.734. The van der Waals surface area contributed by atoms with Crippen LogP contribution < -0.4 is 0 Å². The van der Waals surface area contributed by atoms with E-state index in [1.807, 2.05) is 0 Å². The molecular weight excluding hydrogens is 184 g/mol. The Morgan fingerprint density at radius 3 is 2.83 bits per heavy atom. The van der Waals surface area contributed by atoms with Crippen LogP contribution in [0.5, 0.6) is 0 Å². The minimum atomic E-state index is -0.694. The number of rotatable bonds is 3. The Morgan fingerprint density at radius 1 is 1.50 bits per heavy atom. The summed E-state index contributed by atoms with van der Waals surface area (Å²) in [5.41, 5.74) is 0. The molecule has 0 aromatic carbocycles. The zero-order valence-corrected chi connectivity index (χ0v) is 6.94. The minimum Gasteiger partial charge on any atom is -0.396 e. The molecule has 0 bridgehead atoms. The van der Waals surface area contributed by atoms with Crippen molar-refractivity contribution in [1.29, 1.82) is 0 Å². The molecule has 0 saturated heterocycles. The third-order valence-electron chi connectivity index (χ3n) is 1.10. The fourth-order valence-electron chi connectivity index (χ4n) is 0.651. The first kappa shape index (κ1) is 9.41. The topological polar surface area (TPSA) is 33.1 Å². The zero-order valence-electron chi connectivity index (χ0n) is 6.13. The summed E-state index contributed by atoms with van der Waals surface area (Å²) in [5, 5.41) is 8.54. The average Bonchev–Trinajstić information content (AvgIpc) is 2.03. The number of halogens is 2. The Bertz CT molecular complexity index is 270. The summed E-state index contributed by atoms with van der Waals surface area (Å²) in [6, 6.07) is 0.771. The lowest BCUT2D eigenvalue weighted by atomic mass is 10.5. The summed E-state index contributed by atoms with van der Waals surface area (Å²) < 4.78 is 25.1. The molecule has 0 spiro atoms. The molecule has 12 heavy (non-hydrogen) atoms. The Balaban J connectivity index is 2.72. The smallest absolute Gasteiger partial charge is 0.158 e. The van der Waals surface area contributed by atoms with Crippen molar-refractivity contribution in [3.05, 3.63) is 23.9 Å². The number of nitrogens with zero attached hydrogens (tertiary/aromatic N) is 1. The highest BCUT2D eigenvalue weighted by molar-refractivity contribution is 7.99. The van der Waals surface area contributed by atoms with Crippen molar-refractivity contribution < 1.29 is 13.9 Å². The van der Waals surface area contributed by atoms with E-state index in [0.29, 0.717) is 5.75 Å². The van der Waals surface area contributed by atoms with Gasteiger partial charge < -0.3 is 5.11 Å². The number of pyridine rings is 1. The van der Waals surface area contributed by atoms with Gasteiger partial charge in [0.2, 0.25) is 0 Å². The molecule has 0 amide bonds. The highest BCUT2D eigenvalue weighted by Gasteiger charge is 2.04. The van der Waals surface area contributed by atoms with Crippen LogP contribution in [0.3, 0.4) is 0 Å². The first-order valence-electron chi connectivity index (χ1n) is 3.28. The molecule has 1 N–H and O–H groups in total. The van der Waals surface area contributed by atoms with Gasteiger partial charge in [0.05, 0.1) is 12.8 Å². The molecule has 2 nitrogen and oxygen atoms in total. The molecule has 0 aliphatic rings. The fraction of sp³-hybridized carbons (Fsp3) is 0.286. The number of aliphatic hydroxyl groups excluding tert-OH is 1. The van der Waals surface area contributed by atoms with Crippen LogP contribution in [-0.2, 0) is 0 Å². The SMILES string of the molecule is OCCSc1ncc(F)cc1F. The first-order valence-corrected chi connectivity index (χ1v) is 4.27. The van der Waals surface area contributed by atoms with E-state index < -0.39 is 11.6 Å². The van der Waals surface area contributed by atoms with Gasteiger partial charge in [0.25, 0.3) is 0 Å². The molecule has 66 valence electrons. The summed E-state index contributed by atoms with van der Waals surface area (Å²) in [4.78, 5) is 3.52. The number of aromatic nitrogens is 1. The number of hydrogen-bond donors (Lipinski definition) is 1. The van der Waals surface area contributed by atoms with Crippen LogP contribution >= 0.6 is 11.8 Å². The third kappa shape index (κ3) is 2.42. The molecule has 1 aromatic rings. The van der Waals surface area contributed by atoms with E-state index in [9.17, 15) is 8.78 Å². The minimum absolute atomic E-state index is 0.0524. The van der Waals surface area contributed by atoms with Crippen molar-refractivity contribution in [2.24, 2.45) is 0 Å². The van der Waals surface area contributed by atoms with E-state index >= 15 is 0 Å². The molecular formula is C7H7F2NOS. The monoisotopic (exact) mass is 191 g/mol. The third-order valence-corrected chi connectivity index (χ3v) is 2.06. The van der Waals surface area contributed by atoms with Crippen LogP contribution in [0.25, 0.3) is 0 Å². The van der Waals surface area contributed by atoms with Gasteiger partial charge in [0.1, 0.15) is 10.8 Å². The molecule has 0 unspecified atom stereocenters. The van der Waals surface area contributed by atoms with Gasteiger partial charge in [-0.3, -0.25) is 0 Å². The molecule has 5 heteroatoms. The van der Waals surface area contributed by atoms with Crippen LogP contribution in [0.2, 0.25) is 0 Å². The number of hydrogen-bond acceptors (Lipinski definition) is 3. The molecule has 0 atom stereocenters. The Hall–Kier alpha value is -0.680. The maximum atomic E-state index is 12.8. The molecule has 0 fully saturated rings. The maximum Gasteiger partial charge on any atom is 0.158 e. The van der Waals surface area contributed by atoms with Crippen molar-refractivity contribution in [3.63, 3.8) is 0 Å². The average molecular weight is 191 g/mol. The van der Waals surface area contributed by atoms with E-state index in [1.165, 1.54) is 0 Å². The summed E-state index contributed by atoms with van der Waals surface area (Å²) in [5.74, 6) is -1.02. The van der Waals surface area contributed by atoms with E-state index in [-0.39, 0.29) is 11.6 Å². The van der Waals surface area contributed by atoms with E-state index in [4.69, 9.17) is 5.11 Å². The molecule has 0 aliphatic carbocycles. The van der Waals surface area contributed by atoms with Crippen LogP contribution in [0, 0.1) is 11.6 Å². The predicted molar refractivity (Wildman–Crippen MR) is 42.0 cm³/mol. The van der Waals surface area contributed by atoms with Gasteiger partial charge in [-0.05, 0) is 0 Å². The van der Waals surface area contributed by atoms with Gasteiger partial charge >= 0.3 is 0 Å². The van der Waals surface area contributed by atoms with Crippen LogP contribution in [0.15, 0.2) is 17.3 Å². The maximum absolute atomic E-state index is 12.8. The van der Waals surface area contributed by atoms with Crippen molar-refractivity contribution >= 4 is 11.8 Å². The Kier molecular flexibility index (Phi) is 3.43. The highest BCUT2D eigenvalue weighted by atomic mass is 32.2. The van der Waals surface area contributed by atoms with Gasteiger partial charge in [-0.25, -0.2) is 13.8 Å². The predicted octanol–water partition coefficient (Wildman–Crippen LogP) is 1.44. The lowest BCUT2D eigenvalue weighted by Gasteiger charge is -1.99. The van der Waals surface area contributed by atoms with Crippen molar-refractivity contribution in [3.8, 4) is 0 Å². The lowest BCUT2D eigenvalue weighted by molar-refractivity contribution is 0.322. The second kappa shape index (κ2) is 4.37. The molecule has 1 rings (SSSR count). The highest BCUT2D eigenvalue weighted by Crippen LogP contribution is 2.18. The lowest BCUT2D eigenvalue weighted by Crippen LogP contribution is -1.92. The van der Waals surface area contributed by atoms with Gasteiger partial charge in [0, 0.05) is 11.8 Å². The van der Waals surface area contributed by atoms with Crippen molar-refractivity contribution in [2.75, 3.05) is 12.4 Å². The molecule has 0 aliphatic heterocycles. The number of aliphatic hydroxyl groups is 1. The molecule has 0 saturated carbocycles. The second-order valence-electron chi connectivity index (χ2n) is 2.01. The van der Waals surface area contributed by atoms with E-state index in [2.05, 4.69) is 4.98 Å². The van der Waals surface area contributed by atoms with E-state index in [0.717, 1.165) is 24.0 Å². The Labute approximate surface area is 72.6 Å². The summed E-state index contributed by atoms with van der Waals surface area (Å²) in [6.07, 6.45) is 0.947. The number of thioether (sulfide) groups is 1. The zero-order chi connectivity index (χ0) is 8.97. The molecule has 0 radical (unpaired) electrons. The second-order valence-corrected chi connectivity index (χ2v) is 3.10. The van der Waals surface area contributed by atoms with Crippen LogP contribution in [-0.4, -0.2) is 22.5 Å².